The van der Waals surface area contributed by atoms with Crippen molar-refractivity contribution in [3.63, 3.8) is 0 Å². The number of nitrogens with zero attached hydrogens (tertiary/aromatic N) is 1. The van der Waals surface area contributed by atoms with Gasteiger partial charge in [0.05, 0.1) is 11.2 Å². The van der Waals surface area contributed by atoms with Gasteiger partial charge in [0.2, 0.25) is 0 Å². The summed E-state index contributed by atoms with van der Waals surface area (Å²) in [5, 5.41) is 2.61. The van der Waals surface area contributed by atoms with Crippen LogP contribution in [-0.4, -0.2) is 9.54 Å². The van der Waals surface area contributed by atoms with Crippen LogP contribution in [0.15, 0.2) is 76.4 Å². The van der Waals surface area contributed by atoms with E-state index >= 15 is 0 Å². The van der Waals surface area contributed by atoms with Crippen LogP contribution < -0.4 is 0 Å². The van der Waals surface area contributed by atoms with E-state index in [0.717, 1.165) is 16.5 Å². The van der Waals surface area contributed by atoms with Crippen molar-refractivity contribution in [1.82, 2.24) is 4.98 Å². The average Bonchev–Trinajstić information content (AvgIpc) is 2.99. The summed E-state index contributed by atoms with van der Waals surface area (Å²) >= 11 is -1.29. The van der Waals surface area contributed by atoms with Gasteiger partial charge in [0, 0.05) is 5.56 Å². The van der Waals surface area contributed by atoms with Crippen molar-refractivity contribution in [2.75, 3.05) is 0 Å². The minimum Gasteiger partial charge on any atom is -0.607 e. The maximum atomic E-state index is 12.5. The summed E-state index contributed by atoms with van der Waals surface area (Å²) in [7, 11) is 0. The van der Waals surface area contributed by atoms with Gasteiger partial charge in [0.15, 0.2) is 5.58 Å². The van der Waals surface area contributed by atoms with Crippen LogP contribution in [-0.2, 0) is 16.9 Å². The molecule has 4 rings (SSSR count). The molecule has 0 saturated carbocycles. The highest BCUT2D eigenvalue weighted by Crippen LogP contribution is 2.23. The fraction of sp³-hybridized carbons (Fsp3) is 0.0556. The molecule has 0 aliphatic carbocycles. The van der Waals surface area contributed by atoms with E-state index in [0.29, 0.717) is 11.3 Å². The van der Waals surface area contributed by atoms with E-state index in [2.05, 4.69) is 23.2 Å². The van der Waals surface area contributed by atoms with Crippen molar-refractivity contribution in [2.24, 2.45) is 0 Å². The van der Waals surface area contributed by atoms with Crippen molar-refractivity contribution in [3.05, 3.63) is 72.3 Å². The first-order valence-electron chi connectivity index (χ1n) is 7.01. The van der Waals surface area contributed by atoms with Crippen molar-refractivity contribution in [2.45, 2.75) is 11.0 Å². The third-order valence-electron chi connectivity index (χ3n) is 3.58. The second-order valence-electron chi connectivity index (χ2n) is 5.12. The number of rotatable bonds is 3. The molecule has 0 bridgehead atoms. The van der Waals surface area contributed by atoms with Gasteiger partial charge >= 0.3 is 5.22 Å². The summed E-state index contributed by atoms with van der Waals surface area (Å²) in [6, 6.07) is 21.7. The Morgan fingerprint density at radius 2 is 1.68 bits per heavy atom. The molecule has 3 aromatic carbocycles. The van der Waals surface area contributed by atoms with E-state index in [4.69, 9.17) is 4.42 Å². The van der Waals surface area contributed by atoms with Gasteiger partial charge in [0.1, 0.15) is 11.3 Å². The third kappa shape index (κ3) is 2.47. The Morgan fingerprint density at radius 1 is 0.909 bits per heavy atom. The normalized spacial score (nSPS) is 12.8. The molecular formula is C18H13NO2S. The maximum absolute atomic E-state index is 12.5. The fourth-order valence-corrected chi connectivity index (χ4v) is 3.48. The van der Waals surface area contributed by atoms with E-state index in [1.807, 2.05) is 48.5 Å². The molecule has 1 atom stereocenters. The Kier molecular flexibility index (Phi) is 3.33. The van der Waals surface area contributed by atoms with E-state index in [1.54, 1.807) is 0 Å². The predicted octanol–water partition coefficient (Wildman–Crippen LogP) is 4.29. The molecule has 0 spiro atoms. The SMILES string of the molecule is [O-][S+](Cc1ccc2ccccc2c1)c1nc2ccccc2o1. The van der Waals surface area contributed by atoms with Gasteiger partial charge in [-0.3, -0.25) is 0 Å². The highest BCUT2D eigenvalue weighted by molar-refractivity contribution is 7.90. The van der Waals surface area contributed by atoms with Crippen LogP contribution in [0.5, 0.6) is 0 Å². The number of benzene rings is 3. The molecule has 0 aliphatic heterocycles. The molecule has 1 unspecified atom stereocenters. The van der Waals surface area contributed by atoms with Crippen LogP contribution in [0.4, 0.5) is 0 Å². The molecule has 4 heteroatoms. The highest BCUT2D eigenvalue weighted by Gasteiger charge is 2.20. The van der Waals surface area contributed by atoms with Gasteiger partial charge in [-0.25, -0.2) is 0 Å². The van der Waals surface area contributed by atoms with Crippen LogP contribution in [0.25, 0.3) is 21.9 Å². The van der Waals surface area contributed by atoms with E-state index < -0.39 is 11.2 Å². The molecule has 0 fully saturated rings. The van der Waals surface area contributed by atoms with Crippen LogP contribution >= 0.6 is 0 Å². The smallest absolute Gasteiger partial charge is 0.416 e. The summed E-state index contributed by atoms with van der Waals surface area (Å²) in [4.78, 5) is 4.30. The zero-order valence-electron chi connectivity index (χ0n) is 11.7. The Bertz CT molecular complexity index is 915. The molecule has 3 nitrogen and oxygen atoms in total. The van der Waals surface area contributed by atoms with Gasteiger partial charge in [-0.05, 0) is 29.0 Å². The Hall–Kier alpha value is -2.30. The zero-order chi connectivity index (χ0) is 14.9. The van der Waals surface area contributed by atoms with Crippen LogP contribution in [0.3, 0.4) is 0 Å². The van der Waals surface area contributed by atoms with Crippen molar-refractivity contribution in [1.29, 1.82) is 0 Å². The number of hydrogen-bond donors (Lipinski definition) is 0. The summed E-state index contributed by atoms with van der Waals surface area (Å²) in [6.45, 7) is 0. The van der Waals surface area contributed by atoms with Gasteiger partial charge in [-0.2, -0.15) is 4.98 Å². The van der Waals surface area contributed by atoms with Gasteiger partial charge < -0.3 is 8.97 Å². The lowest BCUT2D eigenvalue weighted by Gasteiger charge is -2.06. The molecule has 1 aromatic heterocycles. The molecule has 4 aromatic rings. The van der Waals surface area contributed by atoms with Crippen molar-refractivity contribution in [3.8, 4) is 0 Å². The molecule has 0 aliphatic rings. The van der Waals surface area contributed by atoms with Crippen molar-refractivity contribution < 1.29 is 8.97 Å². The lowest BCUT2D eigenvalue weighted by molar-refractivity contribution is 0.458. The fourth-order valence-electron chi connectivity index (χ4n) is 2.49. The monoisotopic (exact) mass is 307 g/mol. The molecule has 108 valence electrons. The Morgan fingerprint density at radius 3 is 2.55 bits per heavy atom. The first kappa shape index (κ1) is 13.4. The first-order chi connectivity index (χ1) is 10.8. The third-order valence-corrected chi connectivity index (χ3v) is 4.74. The lowest BCUT2D eigenvalue weighted by atomic mass is 10.1. The molecule has 1 heterocycles. The molecule has 0 saturated heterocycles. The minimum absolute atomic E-state index is 0.286. The summed E-state index contributed by atoms with van der Waals surface area (Å²) < 4.78 is 18.1. The predicted molar refractivity (Wildman–Crippen MR) is 88.1 cm³/mol. The lowest BCUT2D eigenvalue weighted by Crippen LogP contribution is -2.05. The van der Waals surface area contributed by atoms with Crippen LogP contribution in [0.1, 0.15) is 5.56 Å². The number of aromatic nitrogens is 1. The Balaban J connectivity index is 1.63. The van der Waals surface area contributed by atoms with Crippen LogP contribution in [0.2, 0.25) is 0 Å². The molecule has 22 heavy (non-hydrogen) atoms. The van der Waals surface area contributed by atoms with Gasteiger partial charge in [-0.1, -0.05) is 48.5 Å². The number of fused-ring (bicyclic) bond motifs is 2. The Labute approximate surface area is 130 Å². The largest absolute Gasteiger partial charge is 0.607 e. The average molecular weight is 307 g/mol. The second-order valence-corrected chi connectivity index (χ2v) is 6.45. The molecule has 0 N–H and O–H groups in total. The zero-order valence-corrected chi connectivity index (χ0v) is 12.5. The topological polar surface area (TPSA) is 49.1 Å². The number of hydrogen-bond acceptors (Lipinski definition) is 3. The maximum Gasteiger partial charge on any atom is 0.416 e. The van der Waals surface area contributed by atoms with E-state index in [-0.39, 0.29) is 5.22 Å². The summed E-state index contributed by atoms with van der Waals surface area (Å²) in [5.41, 5.74) is 2.42. The first-order valence-corrected chi connectivity index (χ1v) is 8.33. The number of para-hydroxylation sites is 2. The molecular weight excluding hydrogens is 294 g/mol. The van der Waals surface area contributed by atoms with E-state index in [1.165, 1.54) is 5.39 Å². The summed E-state index contributed by atoms with van der Waals surface area (Å²) in [5.74, 6) is 0.400. The van der Waals surface area contributed by atoms with Gasteiger partial charge in [0.25, 0.3) is 0 Å². The quantitative estimate of drug-likeness (QED) is 0.530. The van der Waals surface area contributed by atoms with Crippen LogP contribution in [0, 0.1) is 0 Å². The standard InChI is InChI=1S/C18H13NO2S/c20-22(18-19-16-7-3-4-8-17(16)21-18)12-13-9-10-14-5-1-2-6-15(14)11-13/h1-11H,12H2. The number of oxazole rings is 1. The highest BCUT2D eigenvalue weighted by atomic mass is 32.2. The molecule has 0 amide bonds. The molecule has 0 radical (unpaired) electrons. The minimum atomic E-state index is -1.29. The van der Waals surface area contributed by atoms with E-state index in [9.17, 15) is 4.55 Å². The van der Waals surface area contributed by atoms with Gasteiger partial charge in [-0.15, -0.1) is 0 Å². The summed E-state index contributed by atoms with van der Waals surface area (Å²) in [6.07, 6.45) is 0. The second kappa shape index (κ2) is 5.48. The van der Waals surface area contributed by atoms with Crippen molar-refractivity contribution >= 4 is 33.0 Å².